The summed E-state index contributed by atoms with van der Waals surface area (Å²) in [7, 11) is 0. The topological polar surface area (TPSA) is 89.2 Å². The molecule has 1 saturated heterocycles. The molecule has 1 fully saturated rings. The number of ketones is 1. The summed E-state index contributed by atoms with van der Waals surface area (Å²) in [6, 6.07) is 15.2. The number of benzene rings is 2. The number of aryl methyl sites for hydroxylation is 1. The average Bonchev–Trinajstić information content (AvgIpc) is 3.47. The van der Waals surface area contributed by atoms with Crippen molar-refractivity contribution in [1.82, 2.24) is 4.90 Å². The van der Waals surface area contributed by atoms with E-state index in [4.69, 9.17) is 13.9 Å². The van der Waals surface area contributed by atoms with Crippen molar-refractivity contribution in [3.63, 3.8) is 0 Å². The molecule has 0 radical (unpaired) electrons. The maximum atomic E-state index is 13.2. The zero-order valence-electron chi connectivity index (χ0n) is 18.8. The first-order valence-electron chi connectivity index (χ1n) is 11.4. The van der Waals surface area contributed by atoms with Crippen molar-refractivity contribution in [3.8, 4) is 11.5 Å². The summed E-state index contributed by atoms with van der Waals surface area (Å²) in [5.41, 5.74) is 2.28. The predicted octanol–water partition coefficient (Wildman–Crippen LogP) is 4.63. The number of Topliss-reactive ketones (excluding diaryl/α,β-unsaturated/α-hetero) is 1. The van der Waals surface area contributed by atoms with Gasteiger partial charge in [0.2, 0.25) is 0 Å². The van der Waals surface area contributed by atoms with Gasteiger partial charge in [0.25, 0.3) is 11.7 Å². The van der Waals surface area contributed by atoms with Crippen LogP contribution in [0.25, 0.3) is 5.76 Å². The van der Waals surface area contributed by atoms with Gasteiger partial charge in [0.15, 0.2) is 0 Å². The monoisotopic (exact) mass is 459 g/mol. The summed E-state index contributed by atoms with van der Waals surface area (Å²) >= 11 is 0. The summed E-state index contributed by atoms with van der Waals surface area (Å²) in [5, 5.41) is 11.2. The zero-order valence-corrected chi connectivity index (χ0v) is 18.8. The quantitative estimate of drug-likeness (QED) is 0.329. The number of aliphatic hydroxyl groups is 1. The fourth-order valence-corrected chi connectivity index (χ4v) is 4.50. The molecule has 1 aromatic heterocycles. The van der Waals surface area contributed by atoms with Crippen LogP contribution in [0.4, 0.5) is 0 Å². The molecule has 5 rings (SSSR count). The van der Waals surface area contributed by atoms with Crippen LogP contribution in [-0.4, -0.2) is 34.9 Å². The van der Waals surface area contributed by atoms with Gasteiger partial charge in [-0.15, -0.1) is 0 Å². The number of aliphatic hydroxyl groups excluding tert-OH is 1. The normalized spacial score (nSPS) is 19.1. The number of furan rings is 1. The number of carbonyl (C=O) groups excluding carboxylic acids is 2. The lowest BCUT2D eigenvalue weighted by molar-refractivity contribution is -0.140. The third-order valence-electron chi connectivity index (χ3n) is 6.12. The van der Waals surface area contributed by atoms with Crippen LogP contribution in [0.1, 0.15) is 41.8 Å². The van der Waals surface area contributed by atoms with Gasteiger partial charge in [0, 0.05) is 12.1 Å². The second-order valence-corrected chi connectivity index (χ2v) is 8.29. The predicted molar refractivity (Wildman–Crippen MR) is 124 cm³/mol. The summed E-state index contributed by atoms with van der Waals surface area (Å²) in [5.74, 6) is 0.279. The highest BCUT2D eigenvalue weighted by Crippen LogP contribution is 2.41. The highest BCUT2D eigenvalue weighted by Gasteiger charge is 2.47. The number of likely N-dealkylation sites (tertiary alicyclic amines) is 1. The standard InChI is InChI=1S/C27H25NO6/c1-2-32-20-10-7-17(8-11-20)16-28-24(22-6-4-14-34-22)23(26(30)27(28)31)25(29)19-9-12-21-18(15-19)5-3-13-33-21/h4,6-12,14-15,24,29H,2-3,5,13,16H2,1H3/b25-23-. The summed E-state index contributed by atoms with van der Waals surface area (Å²) in [6.45, 7) is 3.30. The molecule has 1 unspecified atom stereocenters. The molecule has 3 heterocycles. The van der Waals surface area contributed by atoms with E-state index in [0.29, 0.717) is 24.5 Å². The number of ether oxygens (including phenoxy) is 2. The highest BCUT2D eigenvalue weighted by molar-refractivity contribution is 6.46. The molecular weight excluding hydrogens is 434 g/mol. The van der Waals surface area contributed by atoms with Gasteiger partial charge in [-0.25, -0.2) is 0 Å². The second kappa shape index (κ2) is 9.09. The Morgan fingerprint density at radius 3 is 2.71 bits per heavy atom. The Kier molecular flexibility index (Phi) is 5.84. The van der Waals surface area contributed by atoms with E-state index in [-0.39, 0.29) is 17.9 Å². The van der Waals surface area contributed by atoms with E-state index >= 15 is 0 Å². The van der Waals surface area contributed by atoms with Gasteiger partial charge in [-0.3, -0.25) is 9.59 Å². The van der Waals surface area contributed by atoms with Crippen molar-refractivity contribution in [3.05, 3.63) is 88.9 Å². The maximum Gasteiger partial charge on any atom is 0.296 e. The molecular formula is C27H25NO6. The largest absolute Gasteiger partial charge is 0.507 e. The van der Waals surface area contributed by atoms with Crippen molar-refractivity contribution >= 4 is 17.4 Å². The van der Waals surface area contributed by atoms with E-state index in [0.717, 1.165) is 35.5 Å². The molecule has 0 aliphatic carbocycles. The first-order chi connectivity index (χ1) is 16.6. The lowest BCUT2D eigenvalue weighted by Gasteiger charge is -2.23. The molecule has 7 heteroatoms. The Hall–Kier alpha value is -4.00. The first kappa shape index (κ1) is 21.8. The Bertz CT molecular complexity index is 1240. The van der Waals surface area contributed by atoms with Crippen molar-refractivity contribution < 1.29 is 28.6 Å². The van der Waals surface area contributed by atoms with Crippen LogP contribution in [0.15, 0.2) is 70.9 Å². The van der Waals surface area contributed by atoms with Gasteiger partial charge in [-0.1, -0.05) is 12.1 Å². The van der Waals surface area contributed by atoms with Crippen molar-refractivity contribution in [2.24, 2.45) is 0 Å². The third-order valence-corrected chi connectivity index (χ3v) is 6.12. The Labute approximate surface area is 197 Å². The number of nitrogens with zero attached hydrogens (tertiary/aromatic N) is 1. The highest BCUT2D eigenvalue weighted by atomic mass is 16.5. The van der Waals surface area contributed by atoms with Crippen LogP contribution < -0.4 is 9.47 Å². The molecule has 2 aliphatic rings. The number of hydrogen-bond acceptors (Lipinski definition) is 6. The molecule has 0 bridgehead atoms. The van der Waals surface area contributed by atoms with E-state index in [1.165, 1.54) is 11.2 Å². The number of fused-ring (bicyclic) bond motifs is 1. The second-order valence-electron chi connectivity index (χ2n) is 8.29. The lowest BCUT2D eigenvalue weighted by Crippen LogP contribution is -2.29. The van der Waals surface area contributed by atoms with Gasteiger partial charge in [-0.2, -0.15) is 0 Å². The van der Waals surface area contributed by atoms with Gasteiger partial charge in [-0.05, 0) is 73.4 Å². The lowest BCUT2D eigenvalue weighted by atomic mass is 9.96. The van der Waals surface area contributed by atoms with Gasteiger partial charge in [0.1, 0.15) is 29.1 Å². The minimum Gasteiger partial charge on any atom is -0.507 e. The Morgan fingerprint density at radius 2 is 1.97 bits per heavy atom. The molecule has 174 valence electrons. The molecule has 2 aromatic carbocycles. The number of hydrogen-bond donors (Lipinski definition) is 1. The van der Waals surface area contributed by atoms with E-state index in [2.05, 4.69) is 0 Å². The number of rotatable bonds is 6. The molecule has 7 nitrogen and oxygen atoms in total. The third kappa shape index (κ3) is 3.94. The van der Waals surface area contributed by atoms with E-state index in [9.17, 15) is 14.7 Å². The summed E-state index contributed by atoms with van der Waals surface area (Å²) < 4.78 is 16.8. The summed E-state index contributed by atoms with van der Waals surface area (Å²) in [6.07, 6.45) is 3.20. The Morgan fingerprint density at radius 1 is 1.15 bits per heavy atom. The van der Waals surface area contributed by atoms with Gasteiger partial charge < -0.3 is 23.9 Å². The summed E-state index contributed by atoms with van der Waals surface area (Å²) in [4.78, 5) is 27.7. The van der Waals surface area contributed by atoms with E-state index < -0.39 is 17.7 Å². The minimum atomic E-state index is -0.839. The van der Waals surface area contributed by atoms with Crippen LogP contribution in [-0.2, 0) is 22.6 Å². The first-order valence-corrected chi connectivity index (χ1v) is 11.4. The van der Waals surface area contributed by atoms with Crippen LogP contribution in [0.5, 0.6) is 11.5 Å². The van der Waals surface area contributed by atoms with Crippen LogP contribution in [0.2, 0.25) is 0 Å². The zero-order chi connectivity index (χ0) is 23.7. The van der Waals surface area contributed by atoms with Gasteiger partial charge >= 0.3 is 0 Å². The van der Waals surface area contributed by atoms with Crippen molar-refractivity contribution in [1.29, 1.82) is 0 Å². The van der Waals surface area contributed by atoms with Crippen LogP contribution in [0.3, 0.4) is 0 Å². The maximum absolute atomic E-state index is 13.2. The number of carbonyl (C=O) groups is 2. The minimum absolute atomic E-state index is 0.0163. The van der Waals surface area contributed by atoms with Crippen LogP contribution >= 0.6 is 0 Å². The molecule has 2 aliphatic heterocycles. The molecule has 0 spiro atoms. The molecule has 1 amide bonds. The molecule has 34 heavy (non-hydrogen) atoms. The molecule has 1 N–H and O–H groups in total. The fourth-order valence-electron chi connectivity index (χ4n) is 4.50. The fraction of sp³-hybridized carbons (Fsp3) is 0.259. The van der Waals surface area contributed by atoms with E-state index in [1.807, 2.05) is 37.3 Å². The molecule has 1 atom stereocenters. The number of amides is 1. The van der Waals surface area contributed by atoms with Crippen LogP contribution in [0, 0.1) is 0 Å². The Balaban J connectivity index is 1.54. The van der Waals surface area contributed by atoms with Crippen molar-refractivity contribution in [2.45, 2.75) is 32.4 Å². The molecule has 3 aromatic rings. The average molecular weight is 459 g/mol. The smallest absolute Gasteiger partial charge is 0.296 e. The van der Waals surface area contributed by atoms with Crippen molar-refractivity contribution in [2.75, 3.05) is 13.2 Å². The van der Waals surface area contributed by atoms with E-state index in [1.54, 1.807) is 24.3 Å². The molecule has 0 saturated carbocycles. The SMILES string of the molecule is CCOc1ccc(CN2C(=O)C(=O)/C(=C(\O)c3ccc4c(c3)CCCO4)C2c2ccco2)cc1. The van der Waals surface area contributed by atoms with Gasteiger partial charge in [0.05, 0.1) is 25.1 Å².